The Bertz CT molecular complexity index is 768. The molecule has 0 saturated carbocycles. The maximum Gasteiger partial charge on any atom is 0.178 e. The maximum atomic E-state index is 11.9. The second-order valence-electron chi connectivity index (χ2n) is 5.98. The van der Waals surface area contributed by atoms with E-state index in [4.69, 9.17) is 0 Å². The molecular formula is C16H22N4O2S. The molecule has 0 N–H and O–H groups in total. The third-order valence-electron chi connectivity index (χ3n) is 4.47. The first-order valence-electron chi connectivity index (χ1n) is 7.93. The average Bonchev–Trinajstić information content (AvgIpc) is 3.01. The molecular weight excluding hydrogens is 312 g/mol. The summed E-state index contributed by atoms with van der Waals surface area (Å²) in [7, 11) is -1.17. The van der Waals surface area contributed by atoms with E-state index >= 15 is 0 Å². The topological polar surface area (TPSA) is 68.1 Å². The lowest BCUT2D eigenvalue weighted by atomic mass is 9.96. The van der Waals surface area contributed by atoms with Crippen molar-refractivity contribution in [3.05, 3.63) is 36.4 Å². The minimum absolute atomic E-state index is 0.129. The van der Waals surface area contributed by atoms with Gasteiger partial charge in [-0.2, -0.15) is 0 Å². The second-order valence-corrected chi connectivity index (χ2v) is 8.26. The number of hydrogen-bond acceptors (Lipinski definition) is 5. The van der Waals surface area contributed by atoms with Gasteiger partial charge in [0.25, 0.3) is 0 Å². The van der Waals surface area contributed by atoms with Crippen LogP contribution in [-0.2, 0) is 16.9 Å². The molecule has 2 heterocycles. The van der Waals surface area contributed by atoms with Crippen molar-refractivity contribution in [3.8, 4) is 0 Å². The SMILES string of the molecule is CCS(=O)(=O)c1ccc(N2CCC[C@H](c3nncn3C)C2)cc1. The van der Waals surface area contributed by atoms with Crippen LogP contribution in [-0.4, -0.2) is 42.0 Å². The van der Waals surface area contributed by atoms with E-state index in [0.29, 0.717) is 10.8 Å². The first-order chi connectivity index (χ1) is 11.0. The first-order valence-corrected chi connectivity index (χ1v) is 9.58. The van der Waals surface area contributed by atoms with E-state index in [2.05, 4.69) is 15.1 Å². The van der Waals surface area contributed by atoms with Crippen LogP contribution < -0.4 is 4.90 Å². The minimum Gasteiger partial charge on any atom is -0.371 e. The van der Waals surface area contributed by atoms with E-state index in [-0.39, 0.29) is 5.75 Å². The van der Waals surface area contributed by atoms with Gasteiger partial charge < -0.3 is 9.47 Å². The molecule has 2 aromatic rings. The molecule has 124 valence electrons. The number of piperidine rings is 1. The fourth-order valence-electron chi connectivity index (χ4n) is 3.12. The summed E-state index contributed by atoms with van der Waals surface area (Å²) in [6, 6.07) is 7.23. The summed E-state index contributed by atoms with van der Waals surface area (Å²) in [5.74, 6) is 1.50. The molecule has 1 aliphatic rings. The van der Waals surface area contributed by atoms with Gasteiger partial charge >= 0.3 is 0 Å². The Kier molecular flexibility index (Phi) is 4.39. The molecule has 1 aliphatic heterocycles. The molecule has 7 heteroatoms. The molecule has 1 aromatic heterocycles. The van der Waals surface area contributed by atoms with Crippen molar-refractivity contribution in [1.82, 2.24) is 14.8 Å². The van der Waals surface area contributed by atoms with Gasteiger partial charge in [-0.05, 0) is 37.1 Å². The van der Waals surface area contributed by atoms with Crippen LogP contribution in [0.2, 0.25) is 0 Å². The van der Waals surface area contributed by atoms with Crippen molar-refractivity contribution in [1.29, 1.82) is 0 Å². The van der Waals surface area contributed by atoms with Gasteiger partial charge in [-0.3, -0.25) is 0 Å². The number of anilines is 1. The van der Waals surface area contributed by atoms with Crippen molar-refractivity contribution in [2.75, 3.05) is 23.7 Å². The van der Waals surface area contributed by atoms with Crippen molar-refractivity contribution in [3.63, 3.8) is 0 Å². The second kappa shape index (κ2) is 6.31. The molecule has 0 radical (unpaired) electrons. The molecule has 23 heavy (non-hydrogen) atoms. The predicted octanol–water partition coefficient (Wildman–Crippen LogP) is 1.99. The molecule has 0 amide bonds. The number of nitrogens with zero attached hydrogens (tertiary/aromatic N) is 4. The van der Waals surface area contributed by atoms with Crippen LogP contribution in [0.1, 0.15) is 31.5 Å². The number of sulfone groups is 1. The Morgan fingerprint density at radius 1 is 1.26 bits per heavy atom. The monoisotopic (exact) mass is 334 g/mol. The third-order valence-corrected chi connectivity index (χ3v) is 6.22. The Hall–Kier alpha value is -1.89. The van der Waals surface area contributed by atoms with Crippen LogP contribution >= 0.6 is 0 Å². The number of hydrogen-bond donors (Lipinski definition) is 0. The molecule has 1 fully saturated rings. The fourth-order valence-corrected chi connectivity index (χ4v) is 4.00. The molecule has 1 saturated heterocycles. The normalized spacial score (nSPS) is 19.0. The van der Waals surface area contributed by atoms with Crippen LogP contribution in [0.3, 0.4) is 0 Å². The van der Waals surface area contributed by atoms with Crippen molar-refractivity contribution in [2.24, 2.45) is 7.05 Å². The molecule has 0 spiro atoms. The van der Waals surface area contributed by atoms with E-state index in [1.165, 1.54) is 0 Å². The zero-order chi connectivity index (χ0) is 16.4. The van der Waals surface area contributed by atoms with Gasteiger partial charge in [0.2, 0.25) is 0 Å². The van der Waals surface area contributed by atoms with Crippen LogP contribution in [0.5, 0.6) is 0 Å². The zero-order valence-electron chi connectivity index (χ0n) is 13.5. The Balaban J connectivity index is 1.78. The molecule has 0 unspecified atom stereocenters. The summed E-state index contributed by atoms with van der Waals surface area (Å²) in [6.45, 7) is 3.53. The van der Waals surface area contributed by atoms with Gasteiger partial charge in [0, 0.05) is 31.7 Å². The number of benzene rings is 1. The lowest BCUT2D eigenvalue weighted by Gasteiger charge is -2.34. The highest BCUT2D eigenvalue weighted by atomic mass is 32.2. The van der Waals surface area contributed by atoms with E-state index in [9.17, 15) is 8.42 Å². The molecule has 3 rings (SSSR count). The predicted molar refractivity (Wildman–Crippen MR) is 89.4 cm³/mol. The Morgan fingerprint density at radius 2 is 2.00 bits per heavy atom. The maximum absolute atomic E-state index is 11.9. The lowest BCUT2D eigenvalue weighted by Crippen LogP contribution is -2.35. The highest BCUT2D eigenvalue weighted by molar-refractivity contribution is 7.91. The van der Waals surface area contributed by atoms with Crippen molar-refractivity contribution in [2.45, 2.75) is 30.6 Å². The van der Waals surface area contributed by atoms with Gasteiger partial charge in [-0.25, -0.2) is 8.42 Å². The van der Waals surface area contributed by atoms with Crippen LogP contribution in [0.15, 0.2) is 35.5 Å². The number of rotatable bonds is 4. The largest absolute Gasteiger partial charge is 0.371 e. The van der Waals surface area contributed by atoms with Crippen LogP contribution in [0, 0.1) is 0 Å². The third kappa shape index (κ3) is 3.24. The smallest absolute Gasteiger partial charge is 0.178 e. The van der Waals surface area contributed by atoms with Gasteiger partial charge in [-0.15, -0.1) is 10.2 Å². The summed E-state index contributed by atoms with van der Waals surface area (Å²) in [4.78, 5) is 2.69. The van der Waals surface area contributed by atoms with E-state index in [1.54, 1.807) is 25.4 Å². The standard InChI is InChI=1S/C16H22N4O2S/c1-3-23(21,22)15-8-6-14(7-9-15)20-10-4-5-13(11-20)16-18-17-12-19(16)2/h6-9,12-13H,3-5,10-11H2,1-2H3/t13-/m0/s1. The minimum atomic E-state index is -3.14. The van der Waals surface area contributed by atoms with E-state index in [1.807, 2.05) is 23.7 Å². The van der Waals surface area contributed by atoms with Gasteiger partial charge in [0.1, 0.15) is 12.2 Å². The number of aromatic nitrogens is 3. The zero-order valence-corrected chi connectivity index (χ0v) is 14.3. The Morgan fingerprint density at radius 3 is 2.61 bits per heavy atom. The molecule has 1 aromatic carbocycles. The number of aryl methyl sites for hydroxylation is 1. The van der Waals surface area contributed by atoms with Crippen LogP contribution in [0.25, 0.3) is 0 Å². The van der Waals surface area contributed by atoms with Crippen molar-refractivity contribution >= 4 is 15.5 Å². The summed E-state index contributed by atoms with van der Waals surface area (Å²) in [5, 5.41) is 8.20. The van der Waals surface area contributed by atoms with E-state index < -0.39 is 9.84 Å². The quantitative estimate of drug-likeness (QED) is 0.855. The molecule has 0 aliphatic carbocycles. The molecule has 1 atom stereocenters. The fraction of sp³-hybridized carbons (Fsp3) is 0.500. The summed E-state index contributed by atoms with van der Waals surface area (Å²) in [5.41, 5.74) is 1.06. The highest BCUT2D eigenvalue weighted by Crippen LogP contribution is 2.29. The Labute approximate surface area is 137 Å². The summed E-state index contributed by atoms with van der Waals surface area (Å²) in [6.07, 6.45) is 3.93. The highest BCUT2D eigenvalue weighted by Gasteiger charge is 2.25. The van der Waals surface area contributed by atoms with Gasteiger partial charge in [0.15, 0.2) is 9.84 Å². The summed E-state index contributed by atoms with van der Waals surface area (Å²) < 4.78 is 25.8. The van der Waals surface area contributed by atoms with Crippen molar-refractivity contribution < 1.29 is 8.42 Å². The van der Waals surface area contributed by atoms with E-state index in [0.717, 1.165) is 37.4 Å². The van der Waals surface area contributed by atoms with Crippen LogP contribution in [0.4, 0.5) is 5.69 Å². The van der Waals surface area contributed by atoms with Gasteiger partial charge in [-0.1, -0.05) is 6.92 Å². The molecule has 6 nitrogen and oxygen atoms in total. The molecule has 0 bridgehead atoms. The summed E-state index contributed by atoms with van der Waals surface area (Å²) >= 11 is 0. The van der Waals surface area contributed by atoms with Gasteiger partial charge in [0.05, 0.1) is 10.6 Å². The first kappa shape index (κ1) is 16.0. The average molecular weight is 334 g/mol. The lowest BCUT2D eigenvalue weighted by molar-refractivity contribution is 0.480.